The molecule has 4 heteroatoms. The van der Waals surface area contributed by atoms with E-state index in [0.717, 1.165) is 32.4 Å². The first-order chi connectivity index (χ1) is 8.83. The molecule has 2 rings (SSSR count). The van der Waals surface area contributed by atoms with Crippen LogP contribution in [0.25, 0.3) is 0 Å². The van der Waals surface area contributed by atoms with E-state index in [4.69, 9.17) is 16.3 Å². The van der Waals surface area contributed by atoms with E-state index < -0.39 is 0 Å². The zero-order chi connectivity index (χ0) is 12.8. The lowest BCUT2D eigenvalue weighted by Crippen LogP contribution is -2.12. The van der Waals surface area contributed by atoms with E-state index in [1.807, 2.05) is 12.1 Å². The standard InChI is InChI=1S/C14H16ClNOS/c15-13-9-11-5-1-2-6-12(11)14(13)17-8-4-3-7-16-10-18/h1-2,5-6,13-14H,3-4,7-9H2. The Morgan fingerprint density at radius 2 is 2.22 bits per heavy atom. The third-order valence-corrected chi connectivity index (χ3v) is 3.64. The predicted octanol–water partition coefficient (Wildman–Crippen LogP) is 3.79. The van der Waals surface area contributed by atoms with Gasteiger partial charge in [0.2, 0.25) is 0 Å². The van der Waals surface area contributed by atoms with Gasteiger partial charge in [-0.3, -0.25) is 0 Å². The molecule has 0 spiro atoms. The maximum Gasteiger partial charge on any atom is 0.0994 e. The Morgan fingerprint density at radius 1 is 1.39 bits per heavy atom. The molecule has 0 bridgehead atoms. The van der Waals surface area contributed by atoms with Crippen molar-refractivity contribution in [3.05, 3.63) is 35.4 Å². The Bertz CT molecular complexity index is 445. The van der Waals surface area contributed by atoms with Gasteiger partial charge in [-0.1, -0.05) is 24.3 Å². The number of aliphatic imine (C=N–C) groups is 1. The topological polar surface area (TPSA) is 21.6 Å². The van der Waals surface area contributed by atoms with Crippen molar-refractivity contribution in [1.29, 1.82) is 0 Å². The van der Waals surface area contributed by atoms with Gasteiger partial charge in [-0.15, -0.1) is 11.6 Å². The molecule has 0 saturated heterocycles. The number of ether oxygens (including phenoxy) is 1. The van der Waals surface area contributed by atoms with Gasteiger partial charge in [0.15, 0.2) is 0 Å². The van der Waals surface area contributed by atoms with E-state index in [9.17, 15) is 0 Å². The quantitative estimate of drug-likeness (QED) is 0.342. The highest BCUT2D eigenvalue weighted by atomic mass is 35.5. The van der Waals surface area contributed by atoms with Gasteiger partial charge in [0.1, 0.15) is 0 Å². The summed E-state index contributed by atoms with van der Waals surface area (Å²) in [6.07, 6.45) is 2.89. The van der Waals surface area contributed by atoms with Crippen LogP contribution in [0.3, 0.4) is 0 Å². The summed E-state index contributed by atoms with van der Waals surface area (Å²) in [5, 5.41) is 2.42. The van der Waals surface area contributed by atoms with Crippen LogP contribution >= 0.6 is 23.8 Å². The van der Waals surface area contributed by atoms with Crippen LogP contribution in [0, 0.1) is 0 Å². The molecule has 0 radical (unpaired) electrons. The molecular formula is C14H16ClNOS. The summed E-state index contributed by atoms with van der Waals surface area (Å²) >= 11 is 10.8. The lowest BCUT2D eigenvalue weighted by molar-refractivity contribution is 0.0542. The van der Waals surface area contributed by atoms with Crippen molar-refractivity contribution in [2.75, 3.05) is 13.2 Å². The molecular weight excluding hydrogens is 266 g/mol. The fourth-order valence-electron chi connectivity index (χ4n) is 2.25. The van der Waals surface area contributed by atoms with Gasteiger partial charge in [0.05, 0.1) is 16.6 Å². The van der Waals surface area contributed by atoms with Crippen LogP contribution in [-0.2, 0) is 11.2 Å². The van der Waals surface area contributed by atoms with Crippen molar-refractivity contribution in [2.45, 2.75) is 30.7 Å². The molecule has 2 nitrogen and oxygen atoms in total. The number of fused-ring (bicyclic) bond motifs is 1. The molecule has 18 heavy (non-hydrogen) atoms. The Hall–Kier alpha value is -0.730. The third-order valence-electron chi connectivity index (χ3n) is 3.13. The molecule has 2 atom stereocenters. The molecule has 96 valence electrons. The Kier molecular flexibility index (Phi) is 5.33. The number of isothiocyanates is 1. The number of rotatable bonds is 6. The second-order valence-electron chi connectivity index (χ2n) is 4.39. The highest BCUT2D eigenvalue weighted by Crippen LogP contribution is 2.37. The Balaban J connectivity index is 1.81. The van der Waals surface area contributed by atoms with Gasteiger partial charge in [-0.25, -0.2) is 4.99 Å². The Labute approximate surface area is 118 Å². The maximum atomic E-state index is 6.34. The van der Waals surface area contributed by atoms with Crippen molar-refractivity contribution in [3.63, 3.8) is 0 Å². The van der Waals surface area contributed by atoms with Crippen molar-refractivity contribution >= 4 is 29.0 Å². The number of hydrogen-bond acceptors (Lipinski definition) is 3. The van der Waals surface area contributed by atoms with Crippen molar-refractivity contribution in [2.24, 2.45) is 4.99 Å². The predicted molar refractivity (Wildman–Crippen MR) is 77.6 cm³/mol. The molecule has 0 aromatic heterocycles. The normalized spacial score (nSPS) is 21.4. The van der Waals surface area contributed by atoms with Crippen LogP contribution < -0.4 is 0 Å². The van der Waals surface area contributed by atoms with Crippen LogP contribution in [0.1, 0.15) is 30.1 Å². The molecule has 0 heterocycles. The van der Waals surface area contributed by atoms with Crippen molar-refractivity contribution < 1.29 is 4.74 Å². The van der Waals surface area contributed by atoms with Crippen LogP contribution in [0.4, 0.5) is 0 Å². The highest BCUT2D eigenvalue weighted by Gasteiger charge is 2.31. The molecule has 2 unspecified atom stereocenters. The largest absolute Gasteiger partial charge is 0.372 e. The monoisotopic (exact) mass is 281 g/mol. The molecule has 0 fully saturated rings. The summed E-state index contributed by atoms with van der Waals surface area (Å²) in [7, 11) is 0. The van der Waals surface area contributed by atoms with Gasteiger partial charge < -0.3 is 4.74 Å². The summed E-state index contributed by atoms with van der Waals surface area (Å²) < 4.78 is 5.90. The van der Waals surface area contributed by atoms with Gasteiger partial charge in [-0.2, -0.15) is 0 Å². The molecule has 0 N–H and O–H groups in total. The minimum absolute atomic E-state index is 0.0388. The van der Waals surface area contributed by atoms with Crippen LogP contribution in [-0.4, -0.2) is 23.7 Å². The smallest absolute Gasteiger partial charge is 0.0994 e. The van der Waals surface area contributed by atoms with Gasteiger partial charge in [0.25, 0.3) is 0 Å². The average molecular weight is 282 g/mol. The van der Waals surface area contributed by atoms with Gasteiger partial charge in [0, 0.05) is 13.2 Å². The highest BCUT2D eigenvalue weighted by molar-refractivity contribution is 7.78. The number of alkyl halides is 1. The number of halogens is 1. The van der Waals surface area contributed by atoms with Gasteiger partial charge in [-0.05, 0) is 42.6 Å². The number of nitrogens with zero attached hydrogens (tertiary/aromatic N) is 1. The van der Waals surface area contributed by atoms with E-state index in [1.165, 1.54) is 11.1 Å². The lowest BCUT2D eigenvalue weighted by atomic mass is 10.1. The molecule has 0 aliphatic heterocycles. The average Bonchev–Trinajstić information content (AvgIpc) is 2.70. The number of benzene rings is 1. The first-order valence-electron chi connectivity index (χ1n) is 6.20. The summed E-state index contributed by atoms with van der Waals surface area (Å²) in [5.74, 6) is 0. The summed E-state index contributed by atoms with van der Waals surface area (Å²) in [5.41, 5.74) is 2.56. The fourth-order valence-corrected chi connectivity index (χ4v) is 2.72. The number of unbranched alkanes of at least 4 members (excludes halogenated alkanes) is 1. The maximum absolute atomic E-state index is 6.34. The zero-order valence-corrected chi connectivity index (χ0v) is 11.7. The van der Waals surface area contributed by atoms with E-state index in [0.29, 0.717) is 0 Å². The molecule has 1 aromatic rings. The molecule has 1 aliphatic carbocycles. The van der Waals surface area contributed by atoms with Crippen LogP contribution in [0.5, 0.6) is 0 Å². The van der Waals surface area contributed by atoms with E-state index in [2.05, 4.69) is 34.5 Å². The number of thiocarbonyl (C=S) groups is 1. The number of hydrogen-bond donors (Lipinski definition) is 0. The third kappa shape index (κ3) is 3.39. The first kappa shape index (κ1) is 13.7. The summed E-state index contributed by atoms with van der Waals surface area (Å²) in [4.78, 5) is 3.88. The molecule has 0 saturated carbocycles. The van der Waals surface area contributed by atoms with E-state index >= 15 is 0 Å². The van der Waals surface area contributed by atoms with Gasteiger partial charge >= 0.3 is 0 Å². The van der Waals surface area contributed by atoms with Crippen molar-refractivity contribution in [3.8, 4) is 0 Å². The van der Waals surface area contributed by atoms with E-state index in [1.54, 1.807) is 0 Å². The zero-order valence-electron chi connectivity index (χ0n) is 10.1. The molecule has 1 aromatic carbocycles. The summed E-state index contributed by atoms with van der Waals surface area (Å²) in [6.45, 7) is 1.45. The minimum Gasteiger partial charge on any atom is -0.372 e. The fraction of sp³-hybridized carbons (Fsp3) is 0.500. The van der Waals surface area contributed by atoms with Crippen LogP contribution in [0.15, 0.2) is 29.3 Å². The lowest BCUT2D eigenvalue weighted by Gasteiger charge is -2.16. The minimum atomic E-state index is 0.0388. The second kappa shape index (κ2) is 7.01. The van der Waals surface area contributed by atoms with E-state index in [-0.39, 0.29) is 11.5 Å². The molecule has 1 aliphatic rings. The molecule has 0 amide bonds. The first-order valence-corrected chi connectivity index (χ1v) is 7.04. The Morgan fingerprint density at radius 3 is 3.06 bits per heavy atom. The second-order valence-corrected chi connectivity index (χ2v) is 5.13. The van der Waals surface area contributed by atoms with Crippen molar-refractivity contribution in [1.82, 2.24) is 0 Å². The summed E-state index contributed by atoms with van der Waals surface area (Å²) in [6, 6.07) is 8.33. The SMILES string of the molecule is S=C=NCCCCOC1c2ccccc2CC1Cl. The van der Waals surface area contributed by atoms with Crippen LogP contribution in [0.2, 0.25) is 0 Å².